The molecule has 0 aliphatic heterocycles. The van der Waals surface area contributed by atoms with Crippen LogP contribution in [0.5, 0.6) is 0 Å². The molecule has 0 radical (unpaired) electrons. The normalized spacial score (nSPS) is 9.89. The lowest BCUT2D eigenvalue weighted by Crippen LogP contribution is -2.15. The number of carbonyl (C=O) groups is 2. The van der Waals surface area contributed by atoms with Gasteiger partial charge in [-0.1, -0.05) is 0 Å². The highest BCUT2D eigenvalue weighted by Gasteiger charge is 2.10. The molecule has 0 fully saturated rings. The fourth-order valence-electron chi connectivity index (χ4n) is 1.32. The van der Waals surface area contributed by atoms with Crippen LogP contribution in [0, 0.1) is 0 Å². The van der Waals surface area contributed by atoms with Crippen LogP contribution in [0.1, 0.15) is 16.8 Å². The molecule has 0 bridgehead atoms. The zero-order valence-corrected chi connectivity index (χ0v) is 10.4. The molecule has 1 rings (SSSR count). The maximum atomic E-state index is 11.5. The zero-order chi connectivity index (χ0) is 13.5. The quantitative estimate of drug-likeness (QED) is 0.603. The number of hydrogen-bond acceptors (Lipinski definition) is 5. The van der Waals surface area contributed by atoms with E-state index in [1.165, 1.54) is 32.4 Å². The van der Waals surface area contributed by atoms with E-state index < -0.39 is 5.97 Å². The molecule has 0 atom stereocenters. The second-order valence-electron chi connectivity index (χ2n) is 3.58. The zero-order valence-electron chi connectivity index (χ0n) is 10.4. The summed E-state index contributed by atoms with van der Waals surface area (Å²) in [7, 11) is 2.80. The van der Waals surface area contributed by atoms with Gasteiger partial charge in [0.15, 0.2) is 0 Å². The van der Waals surface area contributed by atoms with Crippen molar-refractivity contribution in [2.24, 2.45) is 0 Å². The summed E-state index contributed by atoms with van der Waals surface area (Å²) >= 11 is 0. The summed E-state index contributed by atoms with van der Waals surface area (Å²) in [6, 6.07) is 4.55. The molecule has 18 heavy (non-hydrogen) atoms. The smallest absolute Gasteiger partial charge is 0.337 e. The topological polar surface area (TPSA) is 90.6 Å². The lowest BCUT2D eigenvalue weighted by Gasteiger charge is -2.09. The van der Waals surface area contributed by atoms with Crippen LogP contribution < -0.4 is 11.1 Å². The number of nitrogens with one attached hydrogen (secondary N) is 1. The van der Waals surface area contributed by atoms with Gasteiger partial charge >= 0.3 is 5.97 Å². The number of methoxy groups -OCH3 is 2. The third kappa shape index (κ3) is 3.74. The van der Waals surface area contributed by atoms with Gasteiger partial charge in [0.05, 0.1) is 37.1 Å². The molecule has 3 N–H and O–H groups in total. The molecule has 0 unspecified atom stereocenters. The molecule has 6 heteroatoms. The summed E-state index contributed by atoms with van der Waals surface area (Å²) in [6.45, 7) is 0.322. The first kappa shape index (κ1) is 14.0. The third-order valence-corrected chi connectivity index (χ3v) is 2.28. The van der Waals surface area contributed by atoms with E-state index in [1.54, 1.807) is 0 Å². The minimum atomic E-state index is -0.484. The molecule has 0 saturated heterocycles. The van der Waals surface area contributed by atoms with E-state index in [9.17, 15) is 9.59 Å². The average Bonchev–Trinajstić information content (AvgIpc) is 2.38. The molecule has 0 aliphatic carbocycles. The first-order valence-corrected chi connectivity index (χ1v) is 5.35. The predicted octanol–water partition coefficient (Wildman–Crippen LogP) is 1.03. The molecule has 1 amide bonds. The van der Waals surface area contributed by atoms with E-state index in [0.717, 1.165) is 0 Å². The van der Waals surface area contributed by atoms with Crippen LogP contribution in [0.4, 0.5) is 11.4 Å². The van der Waals surface area contributed by atoms with Gasteiger partial charge in [-0.05, 0) is 18.2 Å². The van der Waals surface area contributed by atoms with Crippen molar-refractivity contribution < 1.29 is 19.1 Å². The number of carbonyl (C=O) groups excluding carboxylic acids is 2. The highest BCUT2D eigenvalue weighted by molar-refractivity contribution is 5.97. The van der Waals surface area contributed by atoms with Crippen molar-refractivity contribution in [2.75, 3.05) is 31.9 Å². The number of esters is 1. The molecule has 0 heterocycles. The van der Waals surface area contributed by atoms with Crippen LogP contribution >= 0.6 is 0 Å². The third-order valence-electron chi connectivity index (χ3n) is 2.28. The van der Waals surface area contributed by atoms with Crippen LogP contribution in [-0.4, -0.2) is 32.7 Å². The van der Waals surface area contributed by atoms with Gasteiger partial charge in [-0.3, -0.25) is 4.79 Å². The van der Waals surface area contributed by atoms with Crippen molar-refractivity contribution in [1.29, 1.82) is 0 Å². The summed E-state index contributed by atoms with van der Waals surface area (Å²) < 4.78 is 9.38. The van der Waals surface area contributed by atoms with Crippen molar-refractivity contribution in [3.05, 3.63) is 23.8 Å². The lowest BCUT2D eigenvalue weighted by molar-refractivity contribution is -0.117. The van der Waals surface area contributed by atoms with Gasteiger partial charge in [0.2, 0.25) is 5.91 Å². The molecule has 0 spiro atoms. The minimum Gasteiger partial charge on any atom is -0.465 e. The van der Waals surface area contributed by atoms with E-state index in [2.05, 4.69) is 10.1 Å². The average molecular weight is 252 g/mol. The van der Waals surface area contributed by atoms with E-state index in [4.69, 9.17) is 10.5 Å². The fraction of sp³-hybridized carbons (Fsp3) is 0.333. The number of amides is 1. The Kier molecular flexibility index (Phi) is 5.13. The van der Waals surface area contributed by atoms with Crippen LogP contribution in [0.3, 0.4) is 0 Å². The highest BCUT2D eigenvalue weighted by atomic mass is 16.5. The minimum absolute atomic E-state index is 0.221. The van der Waals surface area contributed by atoms with Crippen molar-refractivity contribution >= 4 is 23.3 Å². The monoisotopic (exact) mass is 252 g/mol. The second kappa shape index (κ2) is 6.61. The lowest BCUT2D eigenvalue weighted by atomic mass is 10.1. The van der Waals surface area contributed by atoms with Gasteiger partial charge in [-0.2, -0.15) is 0 Å². The Bertz CT molecular complexity index is 446. The van der Waals surface area contributed by atoms with Gasteiger partial charge in [0, 0.05) is 7.11 Å². The summed E-state index contributed by atoms with van der Waals surface area (Å²) in [6.07, 6.45) is 0.221. The SMILES string of the molecule is COCCC(=O)Nc1cc(C(=O)OC)ccc1N. The Balaban J connectivity index is 2.81. The Labute approximate surface area is 105 Å². The molecule has 98 valence electrons. The van der Waals surface area contributed by atoms with Crippen molar-refractivity contribution in [1.82, 2.24) is 0 Å². The van der Waals surface area contributed by atoms with Crippen LogP contribution in [-0.2, 0) is 14.3 Å². The number of nitrogen functional groups attached to an aromatic ring is 1. The van der Waals surface area contributed by atoms with Gasteiger partial charge in [-0.15, -0.1) is 0 Å². The van der Waals surface area contributed by atoms with Crippen molar-refractivity contribution in [3.63, 3.8) is 0 Å². The highest BCUT2D eigenvalue weighted by Crippen LogP contribution is 2.20. The number of anilines is 2. The van der Waals surface area contributed by atoms with Gasteiger partial charge in [0.1, 0.15) is 0 Å². The molecular weight excluding hydrogens is 236 g/mol. The number of rotatable bonds is 5. The van der Waals surface area contributed by atoms with Crippen LogP contribution in [0.25, 0.3) is 0 Å². The van der Waals surface area contributed by atoms with E-state index in [0.29, 0.717) is 23.5 Å². The number of nitrogens with two attached hydrogens (primary N) is 1. The van der Waals surface area contributed by atoms with E-state index in [-0.39, 0.29) is 12.3 Å². The molecule has 1 aromatic carbocycles. The number of hydrogen-bond donors (Lipinski definition) is 2. The molecule has 1 aromatic rings. The predicted molar refractivity (Wildman–Crippen MR) is 67.3 cm³/mol. The number of benzene rings is 1. The first-order chi connectivity index (χ1) is 8.58. The van der Waals surface area contributed by atoms with Gasteiger partial charge in [0.25, 0.3) is 0 Å². The maximum Gasteiger partial charge on any atom is 0.337 e. The molecule has 0 aromatic heterocycles. The molecule has 0 saturated carbocycles. The summed E-state index contributed by atoms with van der Waals surface area (Å²) in [5.41, 5.74) is 6.81. The van der Waals surface area contributed by atoms with E-state index in [1.807, 2.05) is 0 Å². The Morgan fingerprint density at radius 3 is 2.67 bits per heavy atom. The Morgan fingerprint density at radius 2 is 2.06 bits per heavy atom. The molecular formula is C12H16N2O4. The largest absolute Gasteiger partial charge is 0.465 e. The summed E-state index contributed by atoms with van der Waals surface area (Å²) in [5, 5.41) is 2.61. The van der Waals surface area contributed by atoms with Gasteiger partial charge < -0.3 is 20.5 Å². The summed E-state index contributed by atoms with van der Waals surface area (Å²) in [4.78, 5) is 22.9. The molecule has 6 nitrogen and oxygen atoms in total. The second-order valence-corrected chi connectivity index (χ2v) is 3.58. The standard InChI is InChI=1S/C12H16N2O4/c1-17-6-5-11(15)14-10-7-8(12(16)18-2)3-4-9(10)13/h3-4,7H,5-6,13H2,1-2H3,(H,14,15). The Hall–Kier alpha value is -2.08. The fourth-order valence-corrected chi connectivity index (χ4v) is 1.32. The molecule has 0 aliphatic rings. The summed E-state index contributed by atoms with van der Waals surface area (Å²) in [5.74, 6) is -0.715. The van der Waals surface area contributed by atoms with Crippen LogP contribution in [0.2, 0.25) is 0 Å². The van der Waals surface area contributed by atoms with Crippen molar-refractivity contribution in [3.8, 4) is 0 Å². The number of ether oxygens (including phenoxy) is 2. The van der Waals surface area contributed by atoms with Crippen molar-refractivity contribution in [2.45, 2.75) is 6.42 Å². The Morgan fingerprint density at radius 1 is 1.33 bits per heavy atom. The van der Waals surface area contributed by atoms with Gasteiger partial charge in [-0.25, -0.2) is 4.79 Å². The maximum absolute atomic E-state index is 11.5. The van der Waals surface area contributed by atoms with Crippen LogP contribution in [0.15, 0.2) is 18.2 Å². The first-order valence-electron chi connectivity index (χ1n) is 5.35. The van der Waals surface area contributed by atoms with E-state index >= 15 is 0 Å².